The molecule has 0 aliphatic carbocycles. The summed E-state index contributed by atoms with van der Waals surface area (Å²) in [7, 11) is 0. The lowest BCUT2D eigenvalue weighted by Gasteiger charge is -2.30. The topological polar surface area (TPSA) is 40.5 Å². The summed E-state index contributed by atoms with van der Waals surface area (Å²) in [5, 5.41) is 8.67. The summed E-state index contributed by atoms with van der Waals surface area (Å²) in [5.74, 6) is -2.32. The number of benzene rings is 1. The first-order valence-electron chi connectivity index (χ1n) is 5.48. The van der Waals surface area contributed by atoms with E-state index in [4.69, 9.17) is 5.11 Å². The van der Waals surface area contributed by atoms with Gasteiger partial charge in [0.2, 0.25) is 0 Å². The molecule has 1 aromatic carbocycles. The summed E-state index contributed by atoms with van der Waals surface area (Å²) >= 11 is 0. The molecule has 0 fully saturated rings. The summed E-state index contributed by atoms with van der Waals surface area (Å²) in [6.45, 7) is 1.70. The highest BCUT2D eigenvalue weighted by Crippen LogP contribution is 2.27. The molecule has 0 spiro atoms. The molecule has 0 radical (unpaired) electrons. The SMILES string of the molecule is CC(C)N(CC(F)(F)F)c1ccc(C(=O)O)cc1F. The van der Waals surface area contributed by atoms with Gasteiger partial charge in [-0.1, -0.05) is 0 Å². The molecule has 0 bridgehead atoms. The highest BCUT2D eigenvalue weighted by atomic mass is 19.4. The van der Waals surface area contributed by atoms with Crippen LogP contribution in [0.25, 0.3) is 0 Å². The van der Waals surface area contributed by atoms with Gasteiger partial charge in [0.15, 0.2) is 0 Å². The standard InChI is InChI=1S/C12H13F4NO2/c1-7(2)17(6-12(14,15)16)10-4-3-8(11(18)19)5-9(10)13/h3-5,7H,6H2,1-2H3,(H,18,19). The van der Waals surface area contributed by atoms with Gasteiger partial charge in [0, 0.05) is 6.04 Å². The molecule has 0 aliphatic rings. The molecule has 3 nitrogen and oxygen atoms in total. The van der Waals surface area contributed by atoms with Gasteiger partial charge < -0.3 is 10.0 Å². The second-order valence-electron chi connectivity index (χ2n) is 4.31. The predicted molar refractivity (Wildman–Crippen MR) is 61.9 cm³/mol. The molecule has 0 aromatic heterocycles. The van der Waals surface area contributed by atoms with Gasteiger partial charge in [-0.15, -0.1) is 0 Å². The van der Waals surface area contributed by atoms with Crippen LogP contribution < -0.4 is 4.90 Å². The fourth-order valence-corrected chi connectivity index (χ4v) is 1.61. The van der Waals surface area contributed by atoms with Gasteiger partial charge in [0.25, 0.3) is 0 Å². The molecule has 0 aliphatic heterocycles. The van der Waals surface area contributed by atoms with Crippen molar-refractivity contribution in [1.29, 1.82) is 0 Å². The van der Waals surface area contributed by atoms with Crippen molar-refractivity contribution < 1.29 is 27.5 Å². The minimum atomic E-state index is -4.47. The van der Waals surface area contributed by atoms with Crippen LogP contribution in [0.4, 0.5) is 23.2 Å². The first-order chi connectivity index (χ1) is 8.61. The Bertz CT molecular complexity index is 471. The number of anilines is 1. The Balaban J connectivity index is 3.14. The zero-order chi connectivity index (χ0) is 14.8. The molecular formula is C12H13F4NO2. The molecular weight excluding hydrogens is 266 g/mol. The zero-order valence-electron chi connectivity index (χ0n) is 10.3. The van der Waals surface area contributed by atoms with Crippen molar-refractivity contribution in [2.45, 2.75) is 26.1 Å². The summed E-state index contributed by atoms with van der Waals surface area (Å²) in [6, 6.07) is 2.26. The predicted octanol–water partition coefficient (Wildman–Crippen LogP) is 3.30. The number of halogens is 4. The Morgan fingerprint density at radius 2 is 1.95 bits per heavy atom. The zero-order valence-corrected chi connectivity index (χ0v) is 10.3. The van der Waals surface area contributed by atoms with E-state index in [2.05, 4.69) is 0 Å². The van der Waals surface area contributed by atoms with E-state index in [-0.39, 0.29) is 11.3 Å². The summed E-state index contributed by atoms with van der Waals surface area (Å²) in [5.41, 5.74) is -0.575. The van der Waals surface area contributed by atoms with Crippen LogP contribution in [-0.4, -0.2) is 29.8 Å². The number of hydrogen-bond acceptors (Lipinski definition) is 2. The Labute approximate surface area is 107 Å². The van der Waals surface area contributed by atoms with Crippen molar-refractivity contribution in [1.82, 2.24) is 0 Å². The molecule has 1 aromatic rings. The van der Waals surface area contributed by atoms with Crippen molar-refractivity contribution in [2.75, 3.05) is 11.4 Å². The van der Waals surface area contributed by atoms with Crippen LogP contribution in [0.1, 0.15) is 24.2 Å². The minimum absolute atomic E-state index is 0.266. The van der Waals surface area contributed by atoms with Gasteiger partial charge >= 0.3 is 12.1 Å². The van der Waals surface area contributed by atoms with Crippen molar-refractivity contribution >= 4 is 11.7 Å². The van der Waals surface area contributed by atoms with Crippen molar-refractivity contribution in [3.8, 4) is 0 Å². The van der Waals surface area contributed by atoms with E-state index in [9.17, 15) is 22.4 Å². The Hall–Kier alpha value is -1.79. The van der Waals surface area contributed by atoms with E-state index in [0.29, 0.717) is 6.07 Å². The quantitative estimate of drug-likeness (QED) is 0.860. The molecule has 0 atom stereocenters. The van der Waals surface area contributed by atoms with Gasteiger partial charge in [0.05, 0.1) is 11.3 Å². The van der Waals surface area contributed by atoms with E-state index < -0.39 is 30.5 Å². The van der Waals surface area contributed by atoms with Gasteiger partial charge in [-0.2, -0.15) is 13.2 Å². The molecule has 0 saturated heterocycles. The van der Waals surface area contributed by atoms with E-state index in [1.165, 1.54) is 13.8 Å². The molecule has 106 valence electrons. The number of carboxylic acids is 1. The number of nitrogens with zero attached hydrogens (tertiary/aromatic N) is 1. The molecule has 7 heteroatoms. The number of carboxylic acid groups (broad SMARTS) is 1. The van der Waals surface area contributed by atoms with Gasteiger partial charge in [0.1, 0.15) is 12.4 Å². The summed E-state index contributed by atoms with van der Waals surface area (Å²) in [4.78, 5) is 11.5. The Morgan fingerprint density at radius 3 is 2.32 bits per heavy atom. The van der Waals surface area contributed by atoms with Gasteiger partial charge in [-0.25, -0.2) is 9.18 Å². The first-order valence-corrected chi connectivity index (χ1v) is 5.48. The van der Waals surface area contributed by atoms with Crippen molar-refractivity contribution in [2.24, 2.45) is 0 Å². The average Bonchev–Trinajstić information content (AvgIpc) is 2.24. The maximum Gasteiger partial charge on any atom is 0.405 e. The maximum absolute atomic E-state index is 13.7. The highest BCUT2D eigenvalue weighted by Gasteiger charge is 2.33. The number of carbonyl (C=O) groups is 1. The monoisotopic (exact) mass is 279 g/mol. The lowest BCUT2D eigenvalue weighted by atomic mass is 10.1. The minimum Gasteiger partial charge on any atom is -0.478 e. The maximum atomic E-state index is 13.7. The lowest BCUT2D eigenvalue weighted by molar-refractivity contribution is -0.120. The van der Waals surface area contributed by atoms with Gasteiger partial charge in [-0.3, -0.25) is 0 Å². The smallest absolute Gasteiger partial charge is 0.405 e. The van der Waals surface area contributed by atoms with Crippen LogP contribution in [0.3, 0.4) is 0 Å². The third-order valence-corrected chi connectivity index (χ3v) is 2.48. The molecule has 19 heavy (non-hydrogen) atoms. The molecule has 1 rings (SSSR count). The number of hydrogen-bond donors (Lipinski definition) is 1. The lowest BCUT2D eigenvalue weighted by Crippen LogP contribution is -2.39. The molecule has 0 heterocycles. The van der Waals surface area contributed by atoms with Crippen LogP contribution in [-0.2, 0) is 0 Å². The fourth-order valence-electron chi connectivity index (χ4n) is 1.61. The van der Waals surface area contributed by atoms with E-state index in [1.807, 2.05) is 0 Å². The largest absolute Gasteiger partial charge is 0.478 e. The third-order valence-electron chi connectivity index (χ3n) is 2.48. The number of rotatable bonds is 4. The third kappa shape index (κ3) is 4.11. The Kier molecular flexibility index (Phi) is 4.39. The van der Waals surface area contributed by atoms with Crippen molar-refractivity contribution in [3.05, 3.63) is 29.6 Å². The van der Waals surface area contributed by atoms with Gasteiger partial charge in [-0.05, 0) is 32.0 Å². The normalized spacial score (nSPS) is 11.7. The van der Waals surface area contributed by atoms with Crippen molar-refractivity contribution in [3.63, 3.8) is 0 Å². The van der Waals surface area contributed by atoms with E-state index in [1.54, 1.807) is 0 Å². The number of alkyl halides is 3. The summed E-state index contributed by atoms with van der Waals surface area (Å²) < 4.78 is 51.0. The molecule has 0 amide bonds. The second kappa shape index (κ2) is 5.46. The van der Waals surface area contributed by atoms with Crippen LogP contribution in [0.15, 0.2) is 18.2 Å². The molecule has 0 unspecified atom stereocenters. The second-order valence-corrected chi connectivity index (χ2v) is 4.31. The summed E-state index contributed by atoms with van der Waals surface area (Å²) in [6.07, 6.45) is -4.47. The van der Waals surface area contributed by atoms with E-state index >= 15 is 0 Å². The van der Waals surface area contributed by atoms with Crippen LogP contribution in [0, 0.1) is 5.82 Å². The Morgan fingerprint density at radius 1 is 1.37 bits per heavy atom. The fraction of sp³-hybridized carbons (Fsp3) is 0.417. The highest BCUT2D eigenvalue weighted by molar-refractivity contribution is 5.88. The number of aromatic carboxylic acids is 1. The van der Waals surface area contributed by atoms with Crippen LogP contribution in [0.5, 0.6) is 0 Å². The first kappa shape index (κ1) is 15.3. The van der Waals surface area contributed by atoms with Crippen LogP contribution in [0.2, 0.25) is 0 Å². The average molecular weight is 279 g/mol. The van der Waals surface area contributed by atoms with E-state index in [0.717, 1.165) is 17.0 Å². The molecule has 1 N–H and O–H groups in total. The molecule has 0 saturated carbocycles. The van der Waals surface area contributed by atoms with Crippen LogP contribution >= 0.6 is 0 Å².